The molecule has 0 amide bonds. The van der Waals surface area contributed by atoms with Crippen molar-refractivity contribution in [3.8, 4) is 0 Å². The van der Waals surface area contributed by atoms with Crippen molar-refractivity contribution in [2.45, 2.75) is 76.9 Å². The summed E-state index contributed by atoms with van der Waals surface area (Å²) < 4.78 is 5.57. The molecule has 0 aromatic carbocycles. The van der Waals surface area contributed by atoms with Crippen molar-refractivity contribution in [1.29, 1.82) is 0 Å². The predicted octanol–water partition coefficient (Wildman–Crippen LogP) is 4.91. The fourth-order valence-electron chi connectivity index (χ4n) is 2.32. The first-order valence-electron chi connectivity index (χ1n) is 8.18. The molecule has 0 unspecified atom stereocenters. The van der Waals surface area contributed by atoms with Crippen LogP contribution in [-0.2, 0) is 4.43 Å². The second-order valence-electron chi connectivity index (χ2n) is 6.70. The Kier molecular flexibility index (Phi) is 12.0. The van der Waals surface area contributed by atoms with Crippen molar-refractivity contribution in [1.82, 2.24) is 4.90 Å². The third kappa shape index (κ3) is 14.4. The number of hydrogen-bond donors (Lipinski definition) is 0. The van der Waals surface area contributed by atoms with Gasteiger partial charge in [0.15, 0.2) is 8.32 Å². The summed E-state index contributed by atoms with van der Waals surface area (Å²) in [6.07, 6.45) is 12.7. The molecule has 116 valence electrons. The van der Waals surface area contributed by atoms with Crippen LogP contribution in [0, 0.1) is 0 Å². The van der Waals surface area contributed by atoms with Gasteiger partial charge in [0.2, 0.25) is 0 Å². The monoisotopic (exact) mass is 287 g/mol. The van der Waals surface area contributed by atoms with E-state index in [9.17, 15) is 0 Å². The van der Waals surface area contributed by atoms with E-state index >= 15 is 0 Å². The first kappa shape index (κ1) is 19.1. The summed E-state index contributed by atoms with van der Waals surface area (Å²) in [4.78, 5) is 2.28. The molecule has 0 heterocycles. The number of rotatable bonds is 13. The number of unbranched alkanes of at least 4 members (excludes halogenated alkanes) is 8. The van der Waals surface area contributed by atoms with Crippen LogP contribution in [0.2, 0.25) is 19.1 Å². The molecule has 19 heavy (non-hydrogen) atoms. The number of hydrogen-bond acceptors (Lipinski definition) is 2. The van der Waals surface area contributed by atoms with Gasteiger partial charge in [-0.3, -0.25) is 0 Å². The summed E-state index contributed by atoms with van der Waals surface area (Å²) in [5, 5.41) is 0. The molecule has 0 radical (unpaired) electrons. The highest BCUT2D eigenvalue weighted by atomic mass is 28.4. The summed E-state index contributed by atoms with van der Waals surface area (Å²) in [5.74, 6) is 0. The molecule has 0 N–H and O–H groups in total. The van der Waals surface area contributed by atoms with E-state index in [-0.39, 0.29) is 0 Å². The van der Waals surface area contributed by atoms with Gasteiger partial charge in [0.1, 0.15) is 0 Å². The lowest BCUT2D eigenvalue weighted by atomic mass is 10.1. The third-order valence-corrected chi connectivity index (χ3v) is 6.60. The normalized spacial score (nSPS) is 12.3. The van der Waals surface area contributed by atoms with E-state index in [2.05, 4.69) is 32.1 Å². The minimum Gasteiger partial charge on any atom is -0.420 e. The van der Waals surface area contributed by atoms with Gasteiger partial charge < -0.3 is 9.33 Å². The van der Waals surface area contributed by atoms with Gasteiger partial charge in [-0.2, -0.15) is 0 Å². The molecule has 0 atom stereocenters. The van der Waals surface area contributed by atoms with E-state index in [1.807, 2.05) is 7.11 Å². The molecule has 0 aliphatic heterocycles. The lowest BCUT2D eigenvalue weighted by Gasteiger charge is -2.19. The van der Waals surface area contributed by atoms with Crippen LogP contribution in [0.25, 0.3) is 0 Å². The molecular weight excluding hydrogens is 250 g/mol. The minimum atomic E-state index is -1.28. The molecule has 0 saturated heterocycles. The average Bonchev–Trinajstić information content (AvgIpc) is 2.35. The average molecular weight is 288 g/mol. The summed E-state index contributed by atoms with van der Waals surface area (Å²) in [7, 11) is 4.92. The van der Waals surface area contributed by atoms with Crippen LogP contribution in [0.3, 0.4) is 0 Å². The van der Waals surface area contributed by atoms with E-state index < -0.39 is 8.32 Å². The highest BCUT2D eigenvalue weighted by Crippen LogP contribution is 2.16. The van der Waals surface area contributed by atoms with E-state index in [0.29, 0.717) is 0 Å². The van der Waals surface area contributed by atoms with Crippen molar-refractivity contribution >= 4 is 8.32 Å². The standard InChI is InChI=1S/C16H37NOSi/c1-17(2)15-13-11-9-7-6-8-10-12-14-16-19(4,5)18-3/h6-16H2,1-5H3. The van der Waals surface area contributed by atoms with Gasteiger partial charge in [0.25, 0.3) is 0 Å². The van der Waals surface area contributed by atoms with Crippen LogP contribution < -0.4 is 0 Å². The predicted molar refractivity (Wildman–Crippen MR) is 89.4 cm³/mol. The Bertz CT molecular complexity index is 195. The second kappa shape index (κ2) is 11.9. The van der Waals surface area contributed by atoms with Crippen molar-refractivity contribution in [3.05, 3.63) is 0 Å². The Morgan fingerprint density at radius 1 is 0.737 bits per heavy atom. The van der Waals surface area contributed by atoms with Crippen LogP contribution in [0.5, 0.6) is 0 Å². The zero-order chi connectivity index (χ0) is 14.6. The van der Waals surface area contributed by atoms with Crippen molar-refractivity contribution < 1.29 is 4.43 Å². The molecule has 0 aromatic heterocycles. The topological polar surface area (TPSA) is 12.5 Å². The van der Waals surface area contributed by atoms with Gasteiger partial charge >= 0.3 is 0 Å². The molecule has 0 fully saturated rings. The van der Waals surface area contributed by atoms with E-state index in [0.717, 1.165) is 0 Å². The summed E-state index contributed by atoms with van der Waals surface area (Å²) in [6.45, 7) is 5.89. The SMILES string of the molecule is CO[Si](C)(C)CCCCCCCCCCCN(C)C. The van der Waals surface area contributed by atoms with E-state index in [1.165, 1.54) is 70.4 Å². The van der Waals surface area contributed by atoms with Crippen LogP contribution in [-0.4, -0.2) is 41.0 Å². The second-order valence-corrected chi connectivity index (χ2v) is 11.1. The van der Waals surface area contributed by atoms with Crippen LogP contribution >= 0.6 is 0 Å². The first-order valence-corrected chi connectivity index (χ1v) is 11.3. The Morgan fingerprint density at radius 3 is 1.58 bits per heavy atom. The zero-order valence-electron chi connectivity index (χ0n) is 14.1. The molecule has 0 saturated carbocycles. The van der Waals surface area contributed by atoms with Gasteiger partial charge in [-0.25, -0.2) is 0 Å². The largest absolute Gasteiger partial charge is 0.420 e. The maximum Gasteiger partial charge on any atom is 0.186 e. The van der Waals surface area contributed by atoms with Gasteiger partial charge in [-0.15, -0.1) is 0 Å². The highest BCUT2D eigenvalue weighted by Gasteiger charge is 2.18. The summed E-state index contributed by atoms with van der Waals surface area (Å²) in [5.41, 5.74) is 0. The maximum atomic E-state index is 5.57. The van der Waals surface area contributed by atoms with Crippen molar-refractivity contribution in [2.75, 3.05) is 27.7 Å². The Morgan fingerprint density at radius 2 is 1.16 bits per heavy atom. The highest BCUT2D eigenvalue weighted by molar-refractivity contribution is 6.71. The third-order valence-electron chi connectivity index (χ3n) is 3.94. The van der Waals surface area contributed by atoms with Gasteiger partial charge in [-0.1, -0.05) is 51.4 Å². The van der Waals surface area contributed by atoms with Gasteiger partial charge in [0.05, 0.1) is 0 Å². The van der Waals surface area contributed by atoms with Crippen molar-refractivity contribution in [3.63, 3.8) is 0 Å². The molecule has 0 rings (SSSR count). The molecule has 0 bridgehead atoms. The van der Waals surface area contributed by atoms with Crippen molar-refractivity contribution in [2.24, 2.45) is 0 Å². The fraction of sp³-hybridized carbons (Fsp3) is 1.00. The molecule has 0 aromatic rings. The molecule has 0 aliphatic carbocycles. The molecular formula is C16H37NOSi. The Hall–Kier alpha value is 0.137. The Balaban J connectivity index is 3.11. The van der Waals surface area contributed by atoms with Crippen LogP contribution in [0.4, 0.5) is 0 Å². The summed E-state index contributed by atoms with van der Waals surface area (Å²) in [6, 6.07) is 1.33. The summed E-state index contributed by atoms with van der Waals surface area (Å²) >= 11 is 0. The molecule has 0 spiro atoms. The zero-order valence-corrected chi connectivity index (χ0v) is 15.1. The fourth-order valence-corrected chi connectivity index (χ4v) is 3.62. The van der Waals surface area contributed by atoms with Gasteiger partial charge in [-0.05, 0) is 46.2 Å². The quantitative estimate of drug-likeness (QED) is 0.352. The molecule has 2 nitrogen and oxygen atoms in total. The van der Waals surface area contributed by atoms with Crippen LogP contribution in [0.15, 0.2) is 0 Å². The smallest absolute Gasteiger partial charge is 0.186 e. The minimum absolute atomic E-state index is 1.25. The lowest BCUT2D eigenvalue weighted by molar-refractivity contribution is 0.389. The molecule has 3 heteroatoms. The van der Waals surface area contributed by atoms with E-state index in [4.69, 9.17) is 4.43 Å². The lowest BCUT2D eigenvalue weighted by Crippen LogP contribution is -2.27. The molecule has 0 aliphatic rings. The number of nitrogens with zero attached hydrogens (tertiary/aromatic N) is 1. The maximum absolute atomic E-state index is 5.57. The Labute approximate surface area is 123 Å². The van der Waals surface area contributed by atoms with Crippen LogP contribution in [0.1, 0.15) is 57.8 Å². The first-order chi connectivity index (χ1) is 8.98. The van der Waals surface area contributed by atoms with Gasteiger partial charge in [0, 0.05) is 7.11 Å². The van der Waals surface area contributed by atoms with E-state index in [1.54, 1.807) is 0 Å².